The summed E-state index contributed by atoms with van der Waals surface area (Å²) in [6, 6.07) is 11.4. The van der Waals surface area contributed by atoms with Crippen LogP contribution in [0.1, 0.15) is 22.7 Å². The first kappa shape index (κ1) is 16.4. The molecule has 0 saturated carbocycles. The van der Waals surface area contributed by atoms with Crippen molar-refractivity contribution in [2.24, 2.45) is 0 Å². The molecule has 0 spiro atoms. The van der Waals surface area contributed by atoms with Crippen molar-refractivity contribution in [3.8, 4) is 11.5 Å². The van der Waals surface area contributed by atoms with Crippen molar-refractivity contribution in [3.05, 3.63) is 58.9 Å². The van der Waals surface area contributed by atoms with Gasteiger partial charge in [0.05, 0.1) is 20.3 Å². The smallest absolute Gasteiger partial charge is 0.161 e. The van der Waals surface area contributed by atoms with Crippen LogP contribution in [0.2, 0.25) is 0 Å². The lowest BCUT2D eigenvalue weighted by Crippen LogP contribution is -2.55. The summed E-state index contributed by atoms with van der Waals surface area (Å²) >= 11 is 0. The monoisotopic (exact) mass is 342 g/mol. The molecule has 5 heteroatoms. The molecule has 1 saturated heterocycles. The Morgan fingerprint density at radius 2 is 1.84 bits per heavy atom. The number of nitrogens with zero attached hydrogens (tertiary/aromatic N) is 1. The van der Waals surface area contributed by atoms with E-state index in [1.54, 1.807) is 26.4 Å². The Morgan fingerprint density at radius 3 is 2.60 bits per heavy atom. The van der Waals surface area contributed by atoms with Crippen molar-refractivity contribution in [1.29, 1.82) is 0 Å². The van der Waals surface area contributed by atoms with Gasteiger partial charge in [-0.2, -0.15) is 0 Å². The van der Waals surface area contributed by atoms with Gasteiger partial charge in [0.2, 0.25) is 0 Å². The van der Waals surface area contributed by atoms with Crippen LogP contribution in [0, 0.1) is 5.82 Å². The second-order valence-electron chi connectivity index (χ2n) is 6.63. The van der Waals surface area contributed by atoms with Crippen LogP contribution in [0.4, 0.5) is 4.39 Å². The van der Waals surface area contributed by atoms with Crippen molar-refractivity contribution >= 4 is 0 Å². The van der Waals surface area contributed by atoms with Crippen molar-refractivity contribution in [2.45, 2.75) is 18.5 Å². The van der Waals surface area contributed by atoms with Gasteiger partial charge in [-0.05, 0) is 35.7 Å². The first-order valence-electron chi connectivity index (χ1n) is 8.68. The van der Waals surface area contributed by atoms with Gasteiger partial charge in [-0.3, -0.25) is 4.90 Å². The molecule has 2 heterocycles. The minimum absolute atomic E-state index is 0.100. The molecule has 0 aliphatic carbocycles. The predicted molar refractivity (Wildman–Crippen MR) is 94.9 cm³/mol. The molecule has 4 rings (SSSR count). The third-order valence-corrected chi connectivity index (χ3v) is 5.32. The molecular formula is C20H23FN2O2. The van der Waals surface area contributed by atoms with Crippen molar-refractivity contribution < 1.29 is 13.9 Å². The van der Waals surface area contributed by atoms with Crippen LogP contribution in [0.3, 0.4) is 0 Å². The number of nitrogens with one attached hydrogen (secondary N) is 1. The summed E-state index contributed by atoms with van der Waals surface area (Å²) in [5.74, 6) is 1.26. The number of piperazine rings is 1. The molecule has 4 nitrogen and oxygen atoms in total. The molecule has 0 radical (unpaired) electrons. The standard InChI is InChI=1S/C20H23FN2O2/c1-24-18-10-13-9-14-12-22-7-8-23(14)20(16(13)11-19(18)25-2)15-5-3-4-6-17(15)21/h3-6,10-11,14,20,22H,7-9,12H2,1-2H3. The lowest BCUT2D eigenvalue weighted by atomic mass is 9.83. The van der Waals surface area contributed by atoms with Crippen LogP contribution < -0.4 is 14.8 Å². The van der Waals surface area contributed by atoms with E-state index in [4.69, 9.17) is 9.47 Å². The summed E-state index contributed by atoms with van der Waals surface area (Å²) in [5, 5.41) is 3.46. The van der Waals surface area contributed by atoms with Crippen LogP contribution >= 0.6 is 0 Å². The lowest BCUT2D eigenvalue weighted by Gasteiger charge is -2.46. The predicted octanol–water partition coefficient (Wildman–Crippen LogP) is 2.76. The largest absolute Gasteiger partial charge is 0.493 e. The molecular weight excluding hydrogens is 319 g/mol. The number of halogens is 1. The molecule has 2 aliphatic heterocycles. The minimum Gasteiger partial charge on any atom is -0.493 e. The summed E-state index contributed by atoms with van der Waals surface area (Å²) < 4.78 is 25.6. The molecule has 0 aromatic heterocycles. The van der Waals surface area contributed by atoms with E-state index in [9.17, 15) is 4.39 Å². The topological polar surface area (TPSA) is 33.7 Å². The van der Waals surface area contributed by atoms with Crippen molar-refractivity contribution in [3.63, 3.8) is 0 Å². The average Bonchev–Trinajstić information content (AvgIpc) is 2.65. The Morgan fingerprint density at radius 1 is 1.08 bits per heavy atom. The van der Waals surface area contributed by atoms with E-state index >= 15 is 0 Å². The van der Waals surface area contributed by atoms with Crippen LogP contribution in [0.25, 0.3) is 0 Å². The van der Waals surface area contributed by atoms with Gasteiger partial charge < -0.3 is 14.8 Å². The fourth-order valence-corrected chi connectivity index (χ4v) is 4.15. The molecule has 2 unspecified atom stereocenters. The van der Waals surface area contributed by atoms with Crippen molar-refractivity contribution in [2.75, 3.05) is 33.9 Å². The Kier molecular flexibility index (Phi) is 4.36. The van der Waals surface area contributed by atoms with Gasteiger partial charge in [-0.25, -0.2) is 4.39 Å². The van der Waals surface area contributed by atoms with E-state index in [2.05, 4.69) is 10.2 Å². The molecule has 25 heavy (non-hydrogen) atoms. The van der Waals surface area contributed by atoms with Crippen LogP contribution in [0.15, 0.2) is 36.4 Å². The number of ether oxygens (including phenoxy) is 2. The third-order valence-electron chi connectivity index (χ3n) is 5.32. The molecule has 0 bridgehead atoms. The van der Waals surface area contributed by atoms with E-state index in [0.717, 1.165) is 42.9 Å². The maximum atomic E-state index is 14.7. The van der Waals surface area contributed by atoms with Crippen LogP contribution in [-0.2, 0) is 6.42 Å². The molecule has 2 aromatic carbocycles. The van der Waals surface area contributed by atoms with E-state index in [-0.39, 0.29) is 11.9 Å². The summed E-state index contributed by atoms with van der Waals surface area (Å²) in [6.07, 6.45) is 0.924. The average molecular weight is 342 g/mol. The highest BCUT2D eigenvalue weighted by atomic mass is 19.1. The summed E-state index contributed by atoms with van der Waals surface area (Å²) in [4.78, 5) is 2.42. The molecule has 0 amide bonds. The molecule has 1 fully saturated rings. The lowest BCUT2D eigenvalue weighted by molar-refractivity contribution is 0.110. The zero-order valence-electron chi connectivity index (χ0n) is 14.6. The van der Waals surface area contributed by atoms with Gasteiger partial charge in [0.15, 0.2) is 11.5 Å². The van der Waals surface area contributed by atoms with Gasteiger partial charge in [0.25, 0.3) is 0 Å². The highest BCUT2D eigenvalue weighted by Crippen LogP contribution is 2.43. The number of rotatable bonds is 3. The number of methoxy groups -OCH3 is 2. The van der Waals surface area contributed by atoms with E-state index in [0.29, 0.717) is 11.8 Å². The maximum absolute atomic E-state index is 14.7. The fourth-order valence-electron chi connectivity index (χ4n) is 4.15. The van der Waals surface area contributed by atoms with Crippen LogP contribution in [-0.4, -0.2) is 44.8 Å². The second kappa shape index (κ2) is 6.65. The van der Waals surface area contributed by atoms with Gasteiger partial charge in [-0.15, -0.1) is 0 Å². The Bertz CT molecular complexity index is 780. The third kappa shape index (κ3) is 2.77. The fraction of sp³-hybridized carbons (Fsp3) is 0.400. The second-order valence-corrected chi connectivity index (χ2v) is 6.63. The highest BCUT2D eigenvalue weighted by molar-refractivity contribution is 5.52. The highest BCUT2D eigenvalue weighted by Gasteiger charge is 2.38. The Labute approximate surface area is 147 Å². The number of fused-ring (bicyclic) bond motifs is 2. The summed E-state index contributed by atoms with van der Waals surface area (Å²) in [6.45, 7) is 2.74. The van der Waals surface area contributed by atoms with E-state index < -0.39 is 0 Å². The van der Waals surface area contributed by atoms with Gasteiger partial charge >= 0.3 is 0 Å². The van der Waals surface area contributed by atoms with E-state index in [1.165, 1.54) is 5.56 Å². The summed E-state index contributed by atoms with van der Waals surface area (Å²) in [7, 11) is 3.29. The maximum Gasteiger partial charge on any atom is 0.161 e. The SMILES string of the molecule is COc1cc2c(cc1OC)C(c1ccccc1F)N1CCNCC1C2. The van der Waals surface area contributed by atoms with Gasteiger partial charge in [0.1, 0.15) is 5.82 Å². The number of hydrogen-bond acceptors (Lipinski definition) is 4. The first-order valence-corrected chi connectivity index (χ1v) is 8.68. The summed E-state index contributed by atoms with van der Waals surface area (Å²) in [5.41, 5.74) is 3.04. The normalized spacial score (nSPS) is 22.8. The van der Waals surface area contributed by atoms with E-state index in [1.807, 2.05) is 24.3 Å². The van der Waals surface area contributed by atoms with Crippen LogP contribution in [0.5, 0.6) is 11.5 Å². The minimum atomic E-state index is -0.160. The molecule has 2 aliphatic rings. The van der Waals surface area contributed by atoms with Gasteiger partial charge in [-0.1, -0.05) is 18.2 Å². The zero-order chi connectivity index (χ0) is 17.4. The molecule has 2 atom stereocenters. The first-order chi connectivity index (χ1) is 12.2. The number of hydrogen-bond donors (Lipinski definition) is 1. The Hall–Kier alpha value is -2.11. The van der Waals surface area contributed by atoms with Gasteiger partial charge in [0, 0.05) is 31.2 Å². The molecule has 132 valence electrons. The Balaban J connectivity index is 1.90. The molecule has 1 N–H and O–H groups in total. The molecule has 2 aromatic rings. The number of benzene rings is 2. The van der Waals surface area contributed by atoms with Crippen molar-refractivity contribution in [1.82, 2.24) is 10.2 Å². The zero-order valence-corrected chi connectivity index (χ0v) is 14.6. The quantitative estimate of drug-likeness (QED) is 0.930.